The minimum Gasteiger partial charge on any atom is -0.545 e. The van der Waals surface area contributed by atoms with Crippen molar-refractivity contribution < 1.29 is 24.6 Å². The molecule has 0 saturated carbocycles. The predicted octanol–water partition coefficient (Wildman–Crippen LogP) is 6.95. The zero-order valence-corrected chi connectivity index (χ0v) is 23.9. The maximum atomic E-state index is 10.3. The summed E-state index contributed by atoms with van der Waals surface area (Å²) in [7, 11) is 1.94. The standard InChI is InChI=1S/C21H46NO2.C7H4Cl2O2/c1-5-6-7-8-9-10-11-12-13-14-15-16-17-18-19-22(4,20(2)23)21(3)24;8-5-2-1-4(7(10)11)3-6(5)9/h20-21,23-24H,5-19H2,1-4H3;1-3H,(H,10,11)/q+1;/p-1. The van der Waals surface area contributed by atoms with Crippen LogP contribution in [-0.4, -0.2) is 46.7 Å². The minimum atomic E-state index is -1.26. The molecule has 1 aromatic carbocycles. The van der Waals surface area contributed by atoms with E-state index in [1.807, 2.05) is 7.05 Å². The Bertz CT molecular complexity index is 675. The normalized spacial score (nSPS) is 14.5. The molecule has 0 spiro atoms. The Balaban J connectivity index is 0.000000867. The molecule has 7 heteroatoms. The van der Waals surface area contributed by atoms with Gasteiger partial charge in [0.15, 0.2) is 12.5 Å². The Kier molecular flexibility index (Phi) is 19.7. The van der Waals surface area contributed by atoms with Gasteiger partial charge in [-0.2, -0.15) is 0 Å². The summed E-state index contributed by atoms with van der Waals surface area (Å²) in [6.45, 7) is 6.68. The number of benzene rings is 1. The second-order valence-electron chi connectivity index (χ2n) is 9.85. The number of carboxylic acids is 1. The number of nitrogens with zero attached hydrogens (tertiary/aromatic N) is 1. The second kappa shape index (κ2) is 20.2. The molecule has 204 valence electrons. The summed E-state index contributed by atoms with van der Waals surface area (Å²) in [5.74, 6) is -1.26. The van der Waals surface area contributed by atoms with Crippen LogP contribution in [0.15, 0.2) is 18.2 Å². The fourth-order valence-corrected chi connectivity index (χ4v) is 4.25. The molecule has 0 saturated heterocycles. The van der Waals surface area contributed by atoms with E-state index < -0.39 is 18.4 Å². The van der Waals surface area contributed by atoms with Gasteiger partial charge in [0.1, 0.15) is 0 Å². The maximum Gasteiger partial charge on any atom is 0.189 e. The van der Waals surface area contributed by atoms with Gasteiger partial charge in [-0.3, -0.25) is 4.48 Å². The number of carbonyl (C=O) groups excluding carboxylic acids is 1. The SMILES string of the molecule is CCCCCCCCCCCCCCCC[N+](C)(C(C)O)C(C)O.O=C([O-])c1ccc(Cl)c(Cl)c1. The Morgan fingerprint density at radius 1 is 0.800 bits per heavy atom. The zero-order valence-electron chi connectivity index (χ0n) is 22.4. The number of rotatable bonds is 18. The summed E-state index contributed by atoms with van der Waals surface area (Å²) in [5, 5.41) is 30.5. The largest absolute Gasteiger partial charge is 0.545 e. The molecule has 0 aliphatic heterocycles. The number of quaternary nitrogens is 1. The van der Waals surface area contributed by atoms with E-state index in [4.69, 9.17) is 23.2 Å². The van der Waals surface area contributed by atoms with Gasteiger partial charge in [0.05, 0.1) is 29.6 Å². The molecule has 2 N–H and O–H groups in total. The van der Waals surface area contributed by atoms with Crippen molar-refractivity contribution in [2.75, 3.05) is 13.6 Å². The molecule has 0 amide bonds. The summed E-state index contributed by atoms with van der Waals surface area (Å²) in [4.78, 5) is 10.3. The quantitative estimate of drug-likeness (QED) is 0.121. The van der Waals surface area contributed by atoms with Crippen molar-refractivity contribution in [2.45, 2.75) is 123 Å². The summed E-state index contributed by atoms with van der Waals surface area (Å²) < 4.78 is 0.345. The number of carboxylic acid groups (broad SMARTS) is 1. The number of unbranched alkanes of at least 4 members (excludes halogenated alkanes) is 13. The fraction of sp³-hybridized carbons (Fsp3) is 0.750. The lowest BCUT2D eigenvalue weighted by molar-refractivity contribution is -0.990. The van der Waals surface area contributed by atoms with E-state index in [1.165, 1.54) is 102 Å². The van der Waals surface area contributed by atoms with Crippen molar-refractivity contribution in [3.63, 3.8) is 0 Å². The van der Waals surface area contributed by atoms with Crippen LogP contribution in [0.1, 0.15) is 121 Å². The number of hydrogen-bond acceptors (Lipinski definition) is 4. The van der Waals surface area contributed by atoms with Crippen LogP contribution in [0.2, 0.25) is 10.0 Å². The van der Waals surface area contributed by atoms with Gasteiger partial charge in [0, 0.05) is 13.8 Å². The molecule has 0 heterocycles. The van der Waals surface area contributed by atoms with Gasteiger partial charge in [-0.25, -0.2) is 0 Å². The highest BCUT2D eigenvalue weighted by Crippen LogP contribution is 2.22. The molecule has 0 fully saturated rings. The highest BCUT2D eigenvalue weighted by atomic mass is 35.5. The Morgan fingerprint density at radius 2 is 1.20 bits per heavy atom. The first-order valence-corrected chi connectivity index (χ1v) is 14.2. The first-order chi connectivity index (χ1) is 16.6. The first-order valence-electron chi connectivity index (χ1n) is 13.4. The number of aliphatic hydroxyl groups excluding tert-OH is 2. The molecule has 0 radical (unpaired) electrons. The van der Waals surface area contributed by atoms with Crippen LogP contribution in [-0.2, 0) is 0 Å². The molecule has 5 nitrogen and oxygen atoms in total. The molecule has 1 rings (SSSR count). The molecule has 1 aromatic rings. The minimum absolute atomic E-state index is 0.0272. The maximum absolute atomic E-state index is 10.3. The monoisotopic (exact) mass is 533 g/mol. The highest BCUT2D eigenvalue weighted by Gasteiger charge is 2.31. The van der Waals surface area contributed by atoms with E-state index >= 15 is 0 Å². The third-order valence-corrected chi connectivity index (χ3v) is 7.60. The van der Waals surface area contributed by atoms with Gasteiger partial charge in [-0.1, -0.05) is 113 Å². The molecular weight excluding hydrogens is 485 g/mol. The number of hydrogen-bond donors (Lipinski definition) is 2. The van der Waals surface area contributed by atoms with E-state index in [1.54, 1.807) is 13.8 Å². The third kappa shape index (κ3) is 15.8. The van der Waals surface area contributed by atoms with E-state index in [-0.39, 0.29) is 10.6 Å². The summed E-state index contributed by atoms with van der Waals surface area (Å²) >= 11 is 11.1. The molecule has 0 aromatic heterocycles. The molecule has 2 unspecified atom stereocenters. The van der Waals surface area contributed by atoms with Crippen molar-refractivity contribution in [1.29, 1.82) is 0 Å². The van der Waals surface area contributed by atoms with Crippen LogP contribution in [0.5, 0.6) is 0 Å². The molecular formula is C28H49Cl2NO4. The Morgan fingerprint density at radius 3 is 1.54 bits per heavy atom. The van der Waals surface area contributed by atoms with Gasteiger partial charge in [0.2, 0.25) is 0 Å². The molecule has 2 atom stereocenters. The lowest BCUT2D eigenvalue weighted by atomic mass is 10.0. The van der Waals surface area contributed by atoms with Crippen molar-refractivity contribution in [1.82, 2.24) is 0 Å². The zero-order chi connectivity index (χ0) is 26.7. The number of carbonyl (C=O) groups is 1. The summed E-state index contributed by atoms with van der Waals surface area (Å²) in [6.07, 6.45) is 18.0. The number of aromatic carboxylic acids is 1. The van der Waals surface area contributed by atoms with E-state index in [0.29, 0.717) is 9.51 Å². The van der Waals surface area contributed by atoms with Crippen LogP contribution in [0.3, 0.4) is 0 Å². The lowest BCUT2D eigenvalue weighted by Crippen LogP contribution is -2.57. The summed E-state index contributed by atoms with van der Waals surface area (Å²) in [5.41, 5.74) is 0.0272. The average molecular weight is 535 g/mol. The highest BCUT2D eigenvalue weighted by molar-refractivity contribution is 6.42. The van der Waals surface area contributed by atoms with Crippen molar-refractivity contribution >= 4 is 29.2 Å². The van der Waals surface area contributed by atoms with Gasteiger partial charge in [-0.15, -0.1) is 0 Å². The van der Waals surface area contributed by atoms with Crippen molar-refractivity contribution in [3.8, 4) is 0 Å². The van der Waals surface area contributed by atoms with Gasteiger partial charge in [0.25, 0.3) is 0 Å². The summed E-state index contributed by atoms with van der Waals surface area (Å²) in [6, 6.07) is 4.00. The smallest absolute Gasteiger partial charge is 0.189 e. The van der Waals surface area contributed by atoms with Crippen LogP contribution < -0.4 is 5.11 Å². The first kappa shape index (κ1) is 34.1. The number of aliphatic hydroxyl groups is 2. The van der Waals surface area contributed by atoms with Gasteiger partial charge < -0.3 is 20.1 Å². The Labute approximate surface area is 224 Å². The van der Waals surface area contributed by atoms with Crippen LogP contribution in [0.25, 0.3) is 0 Å². The molecule has 35 heavy (non-hydrogen) atoms. The van der Waals surface area contributed by atoms with Crippen LogP contribution in [0, 0.1) is 0 Å². The Hall–Kier alpha value is -0.850. The molecule has 0 bridgehead atoms. The van der Waals surface area contributed by atoms with Crippen molar-refractivity contribution in [3.05, 3.63) is 33.8 Å². The van der Waals surface area contributed by atoms with E-state index in [2.05, 4.69) is 6.92 Å². The van der Waals surface area contributed by atoms with E-state index in [0.717, 1.165) is 13.0 Å². The number of halogens is 2. The average Bonchev–Trinajstić information content (AvgIpc) is 2.80. The van der Waals surface area contributed by atoms with Gasteiger partial charge in [-0.05, 0) is 30.5 Å². The molecule has 0 aliphatic carbocycles. The van der Waals surface area contributed by atoms with E-state index in [9.17, 15) is 20.1 Å². The van der Waals surface area contributed by atoms with Crippen LogP contribution in [0.4, 0.5) is 0 Å². The molecule has 0 aliphatic rings. The lowest BCUT2D eigenvalue weighted by Gasteiger charge is -2.39. The van der Waals surface area contributed by atoms with Crippen LogP contribution >= 0.6 is 23.2 Å². The fourth-order valence-electron chi connectivity index (χ4n) is 3.96. The van der Waals surface area contributed by atoms with Gasteiger partial charge >= 0.3 is 0 Å². The third-order valence-electron chi connectivity index (χ3n) is 6.86. The van der Waals surface area contributed by atoms with Crippen molar-refractivity contribution in [2.24, 2.45) is 0 Å². The second-order valence-corrected chi connectivity index (χ2v) is 10.7. The topological polar surface area (TPSA) is 80.6 Å². The predicted molar refractivity (Wildman–Crippen MR) is 146 cm³/mol.